The van der Waals surface area contributed by atoms with Gasteiger partial charge in [-0.2, -0.15) is 0 Å². The molecule has 21 heavy (non-hydrogen) atoms. The predicted molar refractivity (Wildman–Crippen MR) is 69.7 cm³/mol. The van der Waals surface area contributed by atoms with Crippen molar-refractivity contribution >= 4 is 17.8 Å². The number of carboxylic acids is 1. The number of carboxylic acid groups (broad SMARTS) is 1. The first-order chi connectivity index (χ1) is 9.97. The minimum Gasteiger partial charge on any atom is -0.485 e. The molecule has 1 aromatic rings. The molecule has 1 heterocycles. The van der Waals surface area contributed by atoms with Gasteiger partial charge in [0.05, 0.1) is 6.42 Å². The number of hydrogen-bond acceptors (Lipinski definition) is 5. The maximum atomic E-state index is 12.0. The van der Waals surface area contributed by atoms with Crippen molar-refractivity contribution in [2.45, 2.75) is 18.6 Å². The Kier molecular flexibility index (Phi) is 4.27. The molecule has 0 spiro atoms. The van der Waals surface area contributed by atoms with Gasteiger partial charge in [0, 0.05) is 0 Å². The van der Waals surface area contributed by atoms with Gasteiger partial charge in [0.15, 0.2) is 11.5 Å². The van der Waals surface area contributed by atoms with Crippen LogP contribution in [-0.2, 0) is 14.4 Å². The number of carbonyl (C=O) groups is 3. The third-order valence-electron chi connectivity index (χ3n) is 2.82. The molecule has 0 saturated carbocycles. The van der Waals surface area contributed by atoms with E-state index in [-0.39, 0.29) is 6.61 Å². The highest BCUT2D eigenvalue weighted by molar-refractivity contribution is 5.90. The molecule has 2 rings (SSSR count). The average Bonchev–Trinajstić information content (AvgIpc) is 2.45. The maximum absolute atomic E-state index is 12.0. The highest BCUT2D eigenvalue weighted by atomic mass is 16.6. The summed E-state index contributed by atoms with van der Waals surface area (Å²) in [7, 11) is 0. The average molecular weight is 294 g/mol. The van der Waals surface area contributed by atoms with Crippen LogP contribution in [0.25, 0.3) is 0 Å². The second-order valence-electron chi connectivity index (χ2n) is 4.43. The van der Waals surface area contributed by atoms with E-state index >= 15 is 0 Å². The van der Waals surface area contributed by atoms with E-state index in [1.54, 1.807) is 24.3 Å². The SMILES string of the molecule is NC(=O)CC(NC(=O)C1COc2ccccc2O1)C(=O)O. The Hall–Kier alpha value is -2.77. The van der Waals surface area contributed by atoms with E-state index in [2.05, 4.69) is 5.32 Å². The van der Waals surface area contributed by atoms with Crippen LogP contribution >= 0.6 is 0 Å². The fourth-order valence-electron chi connectivity index (χ4n) is 1.81. The van der Waals surface area contributed by atoms with Crippen LogP contribution in [0.4, 0.5) is 0 Å². The van der Waals surface area contributed by atoms with Crippen molar-refractivity contribution in [1.82, 2.24) is 5.32 Å². The summed E-state index contributed by atoms with van der Waals surface area (Å²) >= 11 is 0. The number of ether oxygens (including phenoxy) is 2. The lowest BCUT2D eigenvalue weighted by molar-refractivity contribution is -0.145. The lowest BCUT2D eigenvalue weighted by Crippen LogP contribution is -2.51. The Labute approximate surface area is 119 Å². The van der Waals surface area contributed by atoms with Crippen molar-refractivity contribution in [3.05, 3.63) is 24.3 Å². The van der Waals surface area contributed by atoms with Crippen molar-refractivity contribution in [2.75, 3.05) is 6.61 Å². The Morgan fingerprint density at radius 1 is 1.33 bits per heavy atom. The third kappa shape index (κ3) is 3.62. The van der Waals surface area contributed by atoms with Gasteiger partial charge in [0.1, 0.15) is 12.6 Å². The largest absolute Gasteiger partial charge is 0.485 e. The molecule has 0 fully saturated rings. The molecule has 0 bridgehead atoms. The molecule has 2 amide bonds. The minimum atomic E-state index is -1.39. The van der Waals surface area contributed by atoms with Gasteiger partial charge in [-0.3, -0.25) is 9.59 Å². The van der Waals surface area contributed by atoms with Crippen molar-refractivity contribution in [1.29, 1.82) is 0 Å². The van der Waals surface area contributed by atoms with Crippen LogP contribution in [0.3, 0.4) is 0 Å². The Balaban J connectivity index is 2.01. The molecule has 1 aliphatic heterocycles. The zero-order valence-corrected chi connectivity index (χ0v) is 10.9. The van der Waals surface area contributed by atoms with E-state index in [0.717, 1.165) is 0 Å². The van der Waals surface area contributed by atoms with E-state index in [1.165, 1.54) is 0 Å². The Bertz CT molecular complexity index is 574. The molecule has 1 aliphatic rings. The highest BCUT2D eigenvalue weighted by Crippen LogP contribution is 2.30. The number of para-hydroxylation sites is 2. The number of hydrogen-bond donors (Lipinski definition) is 3. The zero-order valence-electron chi connectivity index (χ0n) is 10.9. The van der Waals surface area contributed by atoms with E-state index < -0.39 is 36.4 Å². The van der Waals surface area contributed by atoms with Gasteiger partial charge in [-0.15, -0.1) is 0 Å². The molecule has 0 saturated heterocycles. The van der Waals surface area contributed by atoms with Crippen molar-refractivity contribution in [3.63, 3.8) is 0 Å². The van der Waals surface area contributed by atoms with Gasteiger partial charge in [-0.1, -0.05) is 12.1 Å². The number of benzene rings is 1. The van der Waals surface area contributed by atoms with E-state index in [0.29, 0.717) is 11.5 Å². The summed E-state index contributed by atoms with van der Waals surface area (Å²) in [6.07, 6.45) is -1.49. The molecule has 1 aromatic carbocycles. The molecular weight excluding hydrogens is 280 g/mol. The van der Waals surface area contributed by atoms with Crippen LogP contribution < -0.4 is 20.5 Å². The fourth-order valence-corrected chi connectivity index (χ4v) is 1.81. The lowest BCUT2D eigenvalue weighted by Gasteiger charge is -2.26. The van der Waals surface area contributed by atoms with Crippen LogP contribution in [-0.4, -0.2) is 41.6 Å². The first-order valence-electron chi connectivity index (χ1n) is 6.17. The summed E-state index contributed by atoms with van der Waals surface area (Å²) in [4.78, 5) is 33.7. The zero-order chi connectivity index (χ0) is 15.4. The molecule has 2 unspecified atom stereocenters. The molecule has 8 heteroatoms. The van der Waals surface area contributed by atoms with Gasteiger partial charge >= 0.3 is 5.97 Å². The molecule has 0 aliphatic carbocycles. The topological polar surface area (TPSA) is 128 Å². The summed E-state index contributed by atoms with van der Waals surface area (Å²) in [5.74, 6) is -1.95. The number of primary amides is 1. The summed E-state index contributed by atoms with van der Waals surface area (Å²) in [6, 6.07) is 5.41. The van der Waals surface area contributed by atoms with Crippen LogP contribution in [0.15, 0.2) is 24.3 Å². The Morgan fingerprint density at radius 3 is 2.62 bits per heavy atom. The number of fused-ring (bicyclic) bond motifs is 1. The minimum absolute atomic E-state index is 0.0498. The summed E-state index contributed by atoms with van der Waals surface area (Å²) in [5, 5.41) is 11.1. The van der Waals surface area contributed by atoms with Crippen molar-refractivity contribution in [3.8, 4) is 11.5 Å². The molecule has 0 radical (unpaired) electrons. The van der Waals surface area contributed by atoms with Crippen LogP contribution in [0.5, 0.6) is 11.5 Å². The second-order valence-corrected chi connectivity index (χ2v) is 4.43. The smallest absolute Gasteiger partial charge is 0.326 e. The number of amides is 2. The third-order valence-corrected chi connectivity index (χ3v) is 2.82. The lowest BCUT2D eigenvalue weighted by atomic mass is 10.2. The predicted octanol–water partition coefficient (Wildman–Crippen LogP) is -0.729. The standard InChI is InChI=1S/C13H14N2O6/c14-11(16)5-7(13(18)19)15-12(17)10-6-20-8-3-1-2-4-9(8)21-10/h1-4,7,10H,5-6H2,(H2,14,16)(H,15,17)(H,18,19). The van der Waals surface area contributed by atoms with E-state index in [1.807, 2.05) is 0 Å². The fraction of sp³-hybridized carbons (Fsp3) is 0.308. The summed E-state index contributed by atoms with van der Waals surface area (Å²) in [6.45, 7) is -0.0498. The molecular formula is C13H14N2O6. The van der Waals surface area contributed by atoms with Crippen LogP contribution in [0.2, 0.25) is 0 Å². The monoisotopic (exact) mass is 294 g/mol. The van der Waals surface area contributed by atoms with E-state index in [9.17, 15) is 14.4 Å². The summed E-state index contributed by atoms with van der Waals surface area (Å²) in [5.41, 5.74) is 4.94. The van der Waals surface area contributed by atoms with Gasteiger partial charge in [0.2, 0.25) is 12.0 Å². The van der Waals surface area contributed by atoms with Crippen molar-refractivity contribution < 1.29 is 29.0 Å². The Morgan fingerprint density at radius 2 is 2.00 bits per heavy atom. The first-order valence-corrected chi connectivity index (χ1v) is 6.17. The highest BCUT2D eigenvalue weighted by Gasteiger charge is 2.31. The molecule has 8 nitrogen and oxygen atoms in total. The first kappa shape index (κ1) is 14.6. The molecule has 2 atom stereocenters. The van der Waals surface area contributed by atoms with Gasteiger partial charge in [-0.05, 0) is 12.1 Å². The number of nitrogens with two attached hydrogens (primary N) is 1. The summed E-state index contributed by atoms with van der Waals surface area (Å²) < 4.78 is 10.8. The van der Waals surface area contributed by atoms with Gasteiger partial charge in [-0.25, -0.2) is 4.79 Å². The number of carbonyl (C=O) groups excluding carboxylic acids is 2. The normalized spacial score (nSPS) is 17.6. The van der Waals surface area contributed by atoms with Gasteiger partial charge in [0.25, 0.3) is 5.91 Å². The second kappa shape index (κ2) is 6.12. The molecule has 0 aromatic heterocycles. The van der Waals surface area contributed by atoms with Crippen LogP contribution in [0.1, 0.15) is 6.42 Å². The number of nitrogens with one attached hydrogen (secondary N) is 1. The molecule has 4 N–H and O–H groups in total. The number of aliphatic carboxylic acids is 1. The maximum Gasteiger partial charge on any atom is 0.326 e. The quantitative estimate of drug-likeness (QED) is 0.657. The van der Waals surface area contributed by atoms with Gasteiger partial charge < -0.3 is 25.6 Å². The molecule has 112 valence electrons. The number of rotatable bonds is 5. The van der Waals surface area contributed by atoms with Crippen molar-refractivity contribution in [2.24, 2.45) is 5.73 Å². The van der Waals surface area contributed by atoms with E-state index in [4.69, 9.17) is 20.3 Å². The van der Waals surface area contributed by atoms with Crippen LogP contribution in [0, 0.1) is 0 Å².